The largest absolute Gasteiger partial charge is 0.353 e. The Bertz CT molecular complexity index is 628. The summed E-state index contributed by atoms with van der Waals surface area (Å²) in [7, 11) is 1.88. The summed E-state index contributed by atoms with van der Waals surface area (Å²) >= 11 is 0. The molecule has 2 fully saturated rings. The molecule has 2 amide bonds. The zero-order chi connectivity index (χ0) is 19.8. The molecule has 1 aliphatic heterocycles. The van der Waals surface area contributed by atoms with Crippen LogP contribution in [0.4, 0.5) is 0 Å². The molecule has 2 aliphatic rings. The number of carbonyl (C=O) groups excluding carboxylic acids is 2. The third-order valence-electron chi connectivity index (χ3n) is 6.35. The van der Waals surface area contributed by atoms with Crippen LogP contribution in [0.3, 0.4) is 0 Å². The molecule has 1 N–H and O–H groups in total. The van der Waals surface area contributed by atoms with Gasteiger partial charge in [-0.05, 0) is 30.7 Å². The fourth-order valence-electron chi connectivity index (χ4n) is 4.53. The average molecular weight is 386 g/mol. The molecule has 1 atom stereocenters. The molecule has 0 bridgehead atoms. The van der Waals surface area contributed by atoms with Crippen molar-refractivity contribution in [2.75, 3.05) is 33.2 Å². The Labute approximate surface area is 169 Å². The third-order valence-corrected chi connectivity index (χ3v) is 6.35. The van der Waals surface area contributed by atoms with Crippen LogP contribution >= 0.6 is 0 Å². The highest BCUT2D eigenvalue weighted by molar-refractivity contribution is 5.88. The topological polar surface area (TPSA) is 52.7 Å². The first-order chi connectivity index (χ1) is 13.6. The molecule has 1 aliphatic carbocycles. The lowest BCUT2D eigenvalue weighted by Crippen LogP contribution is -2.57. The minimum atomic E-state index is -0.345. The van der Waals surface area contributed by atoms with Crippen molar-refractivity contribution in [1.29, 1.82) is 0 Å². The van der Waals surface area contributed by atoms with E-state index in [0.717, 1.165) is 38.4 Å². The molecule has 1 aromatic rings. The SMILES string of the molecule is CN(CCCC1CCCC1)C(=O)C[C@@H]1C(=O)NCCN1CCc1ccccc1. The third kappa shape index (κ3) is 6.06. The number of benzene rings is 1. The van der Waals surface area contributed by atoms with Crippen LogP contribution in [0, 0.1) is 5.92 Å². The Morgan fingerprint density at radius 2 is 1.96 bits per heavy atom. The zero-order valence-corrected chi connectivity index (χ0v) is 17.2. The summed E-state index contributed by atoms with van der Waals surface area (Å²) in [4.78, 5) is 29.2. The van der Waals surface area contributed by atoms with Gasteiger partial charge < -0.3 is 10.2 Å². The van der Waals surface area contributed by atoms with E-state index in [1.807, 2.05) is 30.1 Å². The highest BCUT2D eigenvalue weighted by Gasteiger charge is 2.32. The monoisotopic (exact) mass is 385 g/mol. The number of hydrogen-bond donors (Lipinski definition) is 1. The maximum Gasteiger partial charge on any atom is 0.237 e. The van der Waals surface area contributed by atoms with E-state index in [9.17, 15) is 9.59 Å². The van der Waals surface area contributed by atoms with E-state index in [1.54, 1.807) is 0 Å². The van der Waals surface area contributed by atoms with Crippen LogP contribution in [0.15, 0.2) is 30.3 Å². The highest BCUT2D eigenvalue weighted by Crippen LogP contribution is 2.28. The number of rotatable bonds is 9. The number of amides is 2. The first-order valence-corrected chi connectivity index (χ1v) is 10.9. The van der Waals surface area contributed by atoms with Crippen molar-refractivity contribution in [2.24, 2.45) is 5.92 Å². The van der Waals surface area contributed by atoms with Crippen LogP contribution in [0.2, 0.25) is 0 Å². The lowest BCUT2D eigenvalue weighted by Gasteiger charge is -2.35. The van der Waals surface area contributed by atoms with Gasteiger partial charge in [0.1, 0.15) is 0 Å². The summed E-state index contributed by atoms with van der Waals surface area (Å²) in [6.07, 6.45) is 8.93. The first-order valence-electron chi connectivity index (χ1n) is 10.9. The van der Waals surface area contributed by atoms with Crippen LogP contribution in [0.1, 0.15) is 50.5 Å². The van der Waals surface area contributed by atoms with Crippen LogP contribution in [0.25, 0.3) is 0 Å². The van der Waals surface area contributed by atoms with Gasteiger partial charge in [0.05, 0.1) is 12.5 Å². The van der Waals surface area contributed by atoms with Gasteiger partial charge in [0.2, 0.25) is 11.8 Å². The molecule has 3 rings (SSSR count). The predicted molar refractivity (Wildman–Crippen MR) is 112 cm³/mol. The van der Waals surface area contributed by atoms with E-state index < -0.39 is 0 Å². The fourth-order valence-corrected chi connectivity index (χ4v) is 4.53. The predicted octanol–water partition coefficient (Wildman–Crippen LogP) is 2.85. The average Bonchev–Trinajstić information content (AvgIpc) is 3.22. The van der Waals surface area contributed by atoms with E-state index >= 15 is 0 Å². The van der Waals surface area contributed by atoms with Crippen LogP contribution < -0.4 is 5.32 Å². The molecule has 1 aromatic carbocycles. The molecular weight excluding hydrogens is 350 g/mol. The van der Waals surface area contributed by atoms with Gasteiger partial charge >= 0.3 is 0 Å². The van der Waals surface area contributed by atoms with E-state index in [1.165, 1.54) is 37.7 Å². The van der Waals surface area contributed by atoms with E-state index in [2.05, 4.69) is 22.3 Å². The molecule has 0 radical (unpaired) electrons. The Kier molecular flexibility index (Phi) is 7.90. The smallest absolute Gasteiger partial charge is 0.237 e. The van der Waals surface area contributed by atoms with Gasteiger partial charge in [0.25, 0.3) is 0 Å². The highest BCUT2D eigenvalue weighted by atomic mass is 16.2. The summed E-state index contributed by atoms with van der Waals surface area (Å²) < 4.78 is 0. The molecule has 5 nitrogen and oxygen atoms in total. The van der Waals surface area contributed by atoms with E-state index in [-0.39, 0.29) is 24.3 Å². The van der Waals surface area contributed by atoms with Crippen molar-refractivity contribution in [2.45, 2.75) is 57.4 Å². The molecule has 0 spiro atoms. The molecular formula is C23H35N3O2. The lowest BCUT2D eigenvalue weighted by molar-refractivity contribution is -0.138. The van der Waals surface area contributed by atoms with Crippen LogP contribution in [-0.4, -0.2) is 60.9 Å². The maximum absolute atomic E-state index is 12.7. The maximum atomic E-state index is 12.7. The van der Waals surface area contributed by atoms with Crippen molar-refractivity contribution in [3.63, 3.8) is 0 Å². The first kappa shape index (κ1) is 20.8. The molecule has 1 saturated heterocycles. The summed E-state index contributed by atoms with van der Waals surface area (Å²) in [5.74, 6) is 0.936. The Hall–Kier alpha value is -1.88. The van der Waals surface area contributed by atoms with E-state index in [0.29, 0.717) is 6.54 Å². The Balaban J connectivity index is 1.46. The van der Waals surface area contributed by atoms with Gasteiger partial charge in [0.15, 0.2) is 0 Å². The minimum absolute atomic E-state index is 0.00739. The number of nitrogens with one attached hydrogen (secondary N) is 1. The van der Waals surface area contributed by atoms with E-state index in [4.69, 9.17) is 0 Å². The van der Waals surface area contributed by atoms with Crippen molar-refractivity contribution in [3.8, 4) is 0 Å². The molecule has 1 heterocycles. The Morgan fingerprint density at radius 3 is 2.71 bits per heavy atom. The normalized spacial score (nSPS) is 20.9. The van der Waals surface area contributed by atoms with Crippen LogP contribution in [0.5, 0.6) is 0 Å². The number of carbonyl (C=O) groups is 2. The summed E-state index contributed by atoms with van der Waals surface area (Å²) in [5, 5.41) is 2.93. The number of piperazine rings is 1. The second kappa shape index (κ2) is 10.6. The molecule has 0 aromatic heterocycles. The Morgan fingerprint density at radius 1 is 1.21 bits per heavy atom. The molecule has 1 saturated carbocycles. The van der Waals surface area contributed by atoms with Gasteiger partial charge in [-0.3, -0.25) is 14.5 Å². The summed E-state index contributed by atoms with van der Waals surface area (Å²) in [5.41, 5.74) is 1.27. The number of hydrogen-bond acceptors (Lipinski definition) is 3. The quantitative estimate of drug-likeness (QED) is 0.711. The van der Waals surface area contributed by atoms with Crippen molar-refractivity contribution in [1.82, 2.24) is 15.1 Å². The fraction of sp³-hybridized carbons (Fsp3) is 0.652. The van der Waals surface area contributed by atoms with Gasteiger partial charge in [-0.25, -0.2) is 0 Å². The van der Waals surface area contributed by atoms with Crippen molar-refractivity contribution < 1.29 is 9.59 Å². The van der Waals surface area contributed by atoms with Gasteiger partial charge in [-0.15, -0.1) is 0 Å². The lowest BCUT2D eigenvalue weighted by atomic mass is 10.0. The number of nitrogens with zero attached hydrogens (tertiary/aromatic N) is 2. The second-order valence-electron chi connectivity index (χ2n) is 8.39. The van der Waals surface area contributed by atoms with Crippen molar-refractivity contribution in [3.05, 3.63) is 35.9 Å². The summed E-state index contributed by atoms with van der Waals surface area (Å²) in [6, 6.07) is 9.98. The molecule has 0 unspecified atom stereocenters. The van der Waals surface area contributed by atoms with Crippen LogP contribution in [-0.2, 0) is 16.0 Å². The molecule has 5 heteroatoms. The summed E-state index contributed by atoms with van der Waals surface area (Å²) in [6.45, 7) is 3.08. The second-order valence-corrected chi connectivity index (χ2v) is 8.39. The standard InChI is InChI=1S/C23H35N3O2/c1-25(15-7-12-19-10-5-6-11-19)22(27)18-21-23(28)24-14-17-26(21)16-13-20-8-3-2-4-9-20/h2-4,8-9,19,21H,5-7,10-18H2,1H3,(H,24,28)/t21-/m1/s1. The molecule has 154 valence electrons. The van der Waals surface area contributed by atoms with Gasteiger partial charge in [-0.2, -0.15) is 0 Å². The zero-order valence-electron chi connectivity index (χ0n) is 17.2. The van der Waals surface area contributed by atoms with Gasteiger partial charge in [-0.1, -0.05) is 56.0 Å². The molecule has 28 heavy (non-hydrogen) atoms. The van der Waals surface area contributed by atoms with Gasteiger partial charge in [0, 0.05) is 33.2 Å². The minimum Gasteiger partial charge on any atom is -0.353 e. The van der Waals surface area contributed by atoms with Crippen molar-refractivity contribution >= 4 is 11.8 Å².